The molecule has 1 N–H and O–H groups in total. The standard InChI is InChI=1S/C14H19FN2O3S/c15-12-2-1-11(10-16-13-3-4-13)14(9-12)21(18,19)17-5-7-20-8-6-17/h1-2,9,13,16H,3-8,10H2. The van der Waals surface area contributed by atoms with E-state index in [1.54, 1.807) is 6.07 Å². The maximum atomic E-state index is 13.5. The first-order valence-electron chi connectivity index (χ1n) is 7.17. The molecule has 1 aromatic carbocycles. The lowest BCUT2D eigenvalue weighted by molar-refractivity contribution is 0.0730. The summed E-state index contributed by atoms with van der Waals surface area (Å²) in [5.41, 5.74) is 0.620. The fourth-order valence-corrected chi connectivity index (χ4v) is 4.02. The van der Waals surface area contributed by atoms with Crippen LogP contribution in [0.25, 0.3) is 0 Å². The molecule has 0 unspecified atom stereocenters. The molecule has 2 aliphatic rings. The Kier molecular flexibility index (Phi) is 4.26. The third-order valence-corrected chi connectivity index (χ3v) is 5.76. The Balaban J connectivity index is 1.88. The van der Waals surface area contributed by atoms with E-state index in [-0.39, 0.29) is 4.90 Å². The first kappa shape index (κ1) is 14.9. The zero-order valence-corrected chi connectivity index (χ0v) is 12.5. The van der Waals surface area contributed by atoms with E-state index in [1.807, 2.05) is 0 Å². The van der Waals surface area contributed by atoms with Crippen LogP contribution < -0.4 is 5.32 Å². The van der Waals surface area contributed by atoms with E-state index in [1.165, 1.54) is 10.4 Å². The molecule has 116 valence electrons. The van der Waals surface area contributed by atoms with Crippen LogP contribution in [0.3, 0.4) is 0 Å². The zero-order chi connectivity index (χ0) is 14.9. The molecular weight excluding hydrogens is 295 g/mol. The van der Waals surface area contributed by atoms with Crippen molar-refractivity contribution in [2.45, 2.75) is 30.3 Å². The van der Waals surface area contributed by atoms with Crippen molar-refractivity contribution < 1.29 is 17.5 Å². The minimum atomic E-state index is -3.67. The molecule has 0 aromatic heterocycles. The summed E-state index contributed by atoms with van der Waals surface area (Å²) >= 11 is 0. The molecule has 0 atom stereocenters. The van der Waals surface area contributed by atoms with E-state index in [4.69, 9.17) is 4.74 Å². The van der Waals surface area contributed by atoms with Crippen LogP contribution in [0, 0.1) is 5.82 Å². The zero-order valence-electron chi connectivity index (χ0n) is 11.7. The van der Waals surface area contributed by atoms with Crippen LogP contribution in [0.1, 0.15) is 18.4 Å². The number of nitrogens with one attached hydrogen (secondary N) is 1. The maximum Gasteiger partial charge on any atom is 0.243 e. The molecule has 0 radical (unpaired) electrons. The first-order valence-corrected chi connectivity index (χ1v) is 8.61. The summed E-state index contributed by atoms with van der Waals surface area (Å²) in [7, 11) is -3.67. The van der Waals surface area contributed by atoms with E-state index in [0.29, 0.717) is 44.5 Å². The Morgan fingerprint density at radius 1 is 1.29 bits per heavy atom. The average molecular weight is 314 g/mol. The molecule has 1 aliphatic carbocycles. The van der Waals surface area contributed by atoms with Gasteiger partial charge in [-0.05, 0) is 30.5 Å². The lowest BCUT2D eigenvalue weighted by atomic mass is 10.2. The second-order valence-corrected chi connectivity index (χ2v) is 7.33. The Morgan fingerprint density at radius 2 is 2.00 bits per heavy atom. The molecule has 21 heavy (non-hydrogen) atoms. The number of nitrogens with zero attached hydrogens (tertiary/aromatic N) is 1. The molecule has 1 heterocycles. The SMILES string of the molecule is O=S(=O)(c1cc(F)ccc1CNC1CC1)N1CCOCC1. The fraction of sp³-hybridized carbons (Fsp3) is 0.571. The van der Waals surface area contributed by atoms with E-state index in [0.717, 1.165) is 18.9 Å². The predicted octanol–water partition coefficient (Wildman–Crippen LogP) is 1.10. The van der Waals surface area contributed by atoms with Gasteiger partial charge in [0, 0.05) is 25.7 Å². The van der Waals surface area contributed by atoms with Gasteiger partial charge in [-0.1, -0.05) is 6.07 Å². The van der Waals surface area contributed by atoms with Gasteiger partial charge in [0.2, 0.25) is 10.0 Å². The molecule has 1 saturated heterocycles. The van der Waals surface area contributed by atoms with Gasteiger partial charge < -0.3 is 10.1 Å². The van der Waals surface area contributed by atoms with Crippen molar-refractivity contribution in [1.82, 2.24) is 9.62 Å². The van der Waals surface area contributed by atoms with Crippen molar-refractivity contribution in [2.24, 2.45) is 0 Å². The van der Waals surface area contributed by atoms with Crippen LogP contribution in [0.2, 0.25) is 0 Å². The summed E-state index contributed by atoms with van der Waals surface area (Å²) in [6.07, 6.45) is 2.24. The van der Waals surface area contributed by atoms with Gasteiger partial charge in [0.05, 0.1) is 18.1 Å². The molecule has 0 amide bonds. The van der Waals surface area contributed by atoms with Gasteiger partial charge in [-0.25, -0.2) is 12.8 Å². The van der Waals surface area contributed by atoms with Crippen molar-refractivity contribution in [2.75, 3.05) is 26.3 Å². The van der Waals surface area contributed by atoms with Crippen LogP contribution in [-0.4, -0.2) is 45.1 Å². The molecule has 2 fully saturated rings. The quantitative estimate of drug-likeness (QED) is 0.884. The summed E-state index contributed by atoms with van der Waals surface area (Å²) in [5, 5.41) is 3.28. The minimum Gasteiger partial charge on any atom is -0.379 e. The highest BCUT2D eigenvalue weighted by Gasteiger charge is 2.29. The maximum absolute atomic E-state index is 13.5. The molecule has 1 aromatic rings. The number of benzene rings is 1. The summed E-state index contributed by atoms with van der Waals surface area (Å²) in [5.74, 6) is -0.531. The number of rotatable bonds is 5. The van der Waals surface area contributed by atoms with Crippen molar-refractivity contribution >= 4 is 10.0 Å². The molecule has 0 spiro atoms. The summed E-state index contributed by atoms with van der Waals surface area (Å²) in [6.45, 7) is 1.83. The average Bonchev–Trinajstić information content (AvgIpc) is 3.31. The molecule has 5 nitrogen and oxygen atoms in total. The topological polar surface area (TPSA) is 58.6 Å². The number of halogens is 1. The third-order valence-electron chi connectivity index (χ3n) is 3.78. The largest absolute Gasteiger partial charge is 0.379 e. The third kappa shape index (κ3) is 3.42. The van der Waals surface area contributed by atoms with Gasteiger partial charge in [-0.15, -0.1) is 0 Å². The highest BCUT2D eigenvalue weighted by atomic mass is 32.2. The Hall–Kier alpha value is -1.02. The van der Waals surface area contributed by atoms with E-state index in [9.17, 15) is 12.8 Å². The van der Waals surface area contributed by atoms with Gasteiger partial charge in [-0.2, -0.15) is 4.31 Å². The van der Waals surface area contributed by atoms with E-state index < -0.39 is 15.8 Å². The highest BCUT2D eigenvalue weighted by molar-refractivity contribution is 7.89. The number of ether oxygens (including phenoxy) is 1. The number of hydrogen-bond acceptors (Lipinski definition) is 4. The van der Waals surface area contributed by atoms with Crippen LogP contribution in [0.4, 0.5) is 4.39 Å². The van der Waals surface area contributed by atoms with Crippen LogP contribution in [0.15, 0.2) is 23.1 Å². The number of sulfonamides is 1. The number of morpholine rings is 1. The minimum absolute atomic E-state index is 0.0672. The molecule has 1 aliphatic heterocycles. The van der Waals surface area contributed by atoms with Crippen LogP contribution in [0.5, 0.6) is 0 Å². The lowest BCUT2D eigenvalue weighted by Crippen LogP contribution is -2.41. The highest BCUT2D eigenvalue weighted by Crippen LogP contribution is 2.24. The molecule has 7 heteroatoms. The van der Waals surface area contributed by atoms with Crippen molar-refractivity contribution in [3.63, 3.8) is 0 Å². The van der Waals surface area contributed by atoms with Crippen molar-refractivity contribution in [3.8, 4) is 0 Å². The lowest BCUT2D eigenvalue weighted by Gasteiger charge is -2.27. The van der Waals surface area contributed by atoms with Crippen molar-refractivity contribution in [1.29, 1.82) is 0 Å². The van der Waals surface area contributed by atoms with Gasteiger partial charge in [0.25, 0.3) is 0 Å². The molecule has 0 bridgehead atoms. The second kappa shape index (κ2) is 6.00. The predicted molar refractivity (Wildman–Crippen MR) is 75.8 cm³/mol. The Morgan fingerprint density at radius 3 is 2.67 bits per heavy atom. The summed E-state index contributed by atoms with van der Waals surface area (Å²) < 4.78 is 45.5. The molecule has 3 rings (SSSR count). The van der Waals surface area contributed by atoms with Crippen LogP contribution >= 0.6 is 0 Å². The first-order chi connectivity index (χ1) is 10.1. The van der Waals surface area contributed by atoms with Crippen LogP contribution in [-0.2, 0) is 21.3 Å². The smallest absolute Gasteiger partial charge is 0.243 e. The Labute approximate surface area is 124 Å². The van der Waals surface area contributed by atoms with Gasteiger partial charge in [-0.3, -0.25) is 0 Å². The summed E-state index contributed by atoms with van der Waals surface area (Å²) in [4.78, 5) is 0.0672. The number of hydrogen-bond donors (Lipinski definition) is 1. The normalized spacial score (nSPS) is 20.6. The van der Waals surface area contributed by atoms with E-state index >= 15 is 0 Å². The van der Waals surface area contributed by atoms with Gasteiger partial charge in [0.1, 0.15) is 5.82 Å². The van der Waals surface area contributed by atoms with Gasteiger partial charge >= 0.3 is 0 Å². The second-order valence-electron chi connectivity index (χ2n) is 5.42. The summed E-state index contributed by atoms with van der Waals surface area (Å²) in [6, 6.07) is 4.45. The fourth-order valence-electron chi connectivity index (χ4n) is 2.38. The van der Waals surface area contributed by atoms with Crippen molar-refractivity contribution in [3.05, 3.63) is 29.6 Å². The van der Waals surface area contributed by atoms with Gasteiger partial charge in [0.15, 0.2) is 0 Å². The molecule has 1 saturated carbocycles. The molecular formula is C14H19FN2O3S. The van der Waals surface area contributed by atoms with E-state index in [2.05, 4.69) is 5.32 Å². The monoisotopic (exact) mass is 314 g/mol. The Bertz CT molecular complexity index is 611.